The van der Waals surface area contributed by atoms with Gasteiger partial charge in [-0.15, -0.1) is 0 Å². The van der Waals surface area contributed by atoms with Crippen LogP contribution in [0.3, 0.4) is 0 Å². The van der Waals surface area contributed by atoms with E-state index in [1.54, 1.807) is 13.8 Å². The molecule has 0 spiro atoms. The minimum Gasteiger partial charge on any atom is -0.352 e. The quantitative estimate of drug-likeness (QED) is 0.766. The molecular weight excluding hydrogens is 386 g/mol. The summed E-state index contributed by atoms with van der Waals surface area (Å²) in [6.07, 6.45) is 4.92. The van der Waals surface area contributed by atoms with Crippen molar-refractivity contribution < 1.29 is 13.2 Å². The SMILES string of the molecule is CC(C)S(=O)(=O)NC1CCC(NC(=O)Cn2ccc3cc(Cl)ccc32)CC1. The molecule has 148 valence electrons. The number of carbonyl (C=O) groups is 1. The van der Waals surface area contributed by atoms with Crippen LogP contribution in [0.1, 0.15) is 39.5 Å². The van der Waals surface area contributed by atoms with Crippen LogP contribution < -0.4 is 10.0 Å². The average Bonchev–Trinajstić information content (AvgIpc) is 2.98. The molecule has 1 aromatic heterocycles. The van der Waals surface area contributed by atoms with Gasteiger partial charge in [0.05, 0.1) is 5.25 Å². The minimum atomic E-state index is -3.25. The Morgan fingerprint density at radius 1 is 1.19 bits per heavy atom. The Hall–Kier alpha value is -1.57. The fourth-order valence-corrected chi connectivity index (χ4v) is 4.61. The number of rotatable bonds is 6. The molecule has 0 bridgehead atoms. The Balaban J connectivity index is 1.51. The molecule has 1 fully saturated rings. The number of amides is 1. The van der Waals surface area contributed by atoms with Gasteiger partial charge in [0, 0.05) is 34.2 Å². The molecule has 0 atom stereocenters. The maximum absolute atomic E-state index is 12.4. The molecule has 1 amide bonds. The largest absolute Gasteiger partial charge is 0.352 e. The first-order valence-corrected chi connectivity index (χ1v) is 11.2. The number of aromatic nitrogens is 1. The Kier molecular flexibility index (Phi) is 6.13. The van der Waals surface area contributed by atoms with Gasteiger partial charge in [-0.3, -0.25) is 4.79 Å². The van der Waals surface area contributed by atoms with Crippen LogP contribution in [0.25, 0.3) is 10.9 Å². The van der Waals surface area contributed by atoms with Crippen molar-refractivity contribution in [3.63, 3.8) is 0 Å². The summed E-state index contributed by atoms with van der Waals surface area (Å²) in [5.74, 6) is -0.0336. The highest BCUT2D eigenvalue weighted by Gasteiger charge is 2.27. The van der Waals surface area contributed by atoms with E-state index in [1.165, 1.54) is 0 Å². The van der Waals surface area contributed by atoms with E-state index < -0.39 is 15.3 Å². The van der Waals surface area contributed by atoms with E-state index in [9.17, 15) is 13.2 Å². The second kappa shape index (κ2) is 8.20. The lowest BCUT2D eigenvalue weighted by atomic mass is 9.92. The van der Waals surface area contributed by atoms with Crippen LogP contribution in [0.2, 0.25) is 5.02 Å². The van der Waals surface area contributed by atoms with Gasteiger partial charge in [-0.05, 0) is 63.8 Å². The monoisotopic (exact) mass is 411 g/mol. The Labute approximate surface area is 165 Å². The van der Waals surface area contributed by atoms with Gasteiger partial charge in [-0.1, -0.05) is 11.6 Å². The molecule has 6 nitrogen and oxygen atoms in total. The maximum Gasteiger partial charge on any atom is 0.240 e. The summed E-state index contributed by atoms with van der Waals surface area (Å²) in [5, 5.41) is 4.33. The van der Waals surface area contributed by atoms with Gasteiger partial charge in [0.2, 0.25) is 15.9 Å². The molecule has 0 unspecified atom stereocenters. The van der Waals surface area contributed by atoms with Gasteiger partial charge in [0.1, 0.15) is 6.54 Å². The second-order valence-electron chi connectivity index (χ2n) is 7.47. The van der Waals surface area contributed by atoms with Gasteiger partial charge in [-0.2, -0.15) is 0 Å². The molecule has 1 aliphatic carbocycles. The molecule has 27 heavy (non-hydrogen) atoms. The number of nitrogens with zero attached hydrogens (tertiary/aromatic N) is 1. The van der Waals surface area contributed by atoms with Crippen molar-refractivity contribution in [3.05, 3.63) is 35.5 Å². The Morgan fingerprint density at radius 3 is 2.52 bits per heavy atom. The molecule has 3 rings (SSSR count). The molecule has 0 aliphatic heterocycles. The summed E-state index contributed by atoms with van der Waals surface area (Å²) in [6.45, 7) is 3.60. The third kappa shape index (κ3) is 5.03. The van der Waals surface area contributed by atoms with E-state index in [0.29, 0.717) is 5.02 Å². The molecule has 1 aliphatic rings. The second-order valence-corrected chi connectivity index (χ2v) is 10.2. The van der Waals surface area contributed by atoms with Crippen LogP contribution in [0, 0.1) is 0 Å². The van der Waals surface area contributed by atoms with Crippen molar-refractivity contribution in [1.29, 1.82) is 0 Å². The smallest absolute Gasteiger partial charge is 0.240 e. The fourth-order valence-electron chi connectivity index (χ4n) is 3.46. The topological polar surface area (TPSA) is 80.2 Å². The first kappa shape index (κ1) is 20.2. The van der Waals surface area contributed by atoms with E-state index in [1.807, 2.05) is 35.0 Å². The third-order valence-corrected chi connectivity index (χ3v) is 7.23. The summed E-state index contributed by atoms with van der Waals surface area (Å²) in [5.41, 5.74) is 0.973. The number of benzene rings is 1. The van der Waals surface area contributed by atoms with Crippen LogP contribution in [0.15, 0.2) is 30.5 Å². The zero-order valence-corrected chi connectivity index (χ0v) is 17.2. The predicted molar refractivity (Wildman–Crippen MR) is 108 cm³/mol. The highest BCUT2D eigenvalue weighted by atomic mass is 35.5. The molecule has 2 N–H and O–H groups in total. The molecule has 0 saturated heterocycles. The van der Waals surface area contributed by atoms with Crippen molar-refractivity contribution >= 4 is 38.4 Å². The lowest BCUT2D eigenvalue weighted by Crippen LogP contribution is -2.45. The number of sulfonamides is 1. The Morgan fingerprint density at radius 2 is 1.85 bits per heavy atom. The summed E-state index contributed by atoms with van der Waals surface area (Å²) in [4.78, 5) is 12.4. The summed E-state index contributed by atoms with van der Waals surface area (Å²) < 4.78 is 28.6. The molecule has 0 radical (unpaired) electrons. The Bertz CT molecular complexity index is 915. The van der Waals surface area contributed by atoms with Gasteiger partial charge in [0.15, 0.2) is 0 Å². The summed E-state index contributed by atoms with van der Waals surface area (Å²) >= 11 is 6.00. The molecule has 8 heteroatoms. The van der Waals surface area contributed by atoms with Crippen LogP contribution in [-0.2, 0) is 21.4 Å². The van der Waals surface area contributed by atoms with Crippen LogP contribution in [0.5, 0.6) is 0 Å². The van der Waals surface area contributed by atoms with Gasteiger partial charge < -0.3 is 9.88 Å². The molecule has 1 aromatic carbocycles. The predicted octanol–water partition coefficient (Wildman–Crippen LogP) is 3.05. The highest BCUT2D eigenvalue weighted by Crippen LogP contribution is 2.22. The third-order valence-electron chi connectivity index (χ3n) is 5.09. The number of hydrogen-bond acceptors (Lipinski definition) is 3. The van der Waals surface area contributed by atoms with E-state index in [2.05, 4.69) is 10.0 Å². The van der Waals surface area contributed by atoms with E-state index in [4.69, 9.17) is 11.6 Å². The van der Waals surface area contributed by atoms with E-state index in [-0.39, 0.29) is 24.5 Å². The van der Waals surface area contributed by atoms with Crippen molar-refractivity contribution in [1.82, 2.24) is 14.6 Å². The van der Waals surface area contributed by atoms with Crippen molar-refractivity contribution in [3.8, 4) is 0 Å². The van der Waals surface area contributed by atoms with Gasteiger partial charge in [0.25, 0.3) is 0 Å². The number of halogens is 1. The molecule has 1 saturated carbocycles. The van der Waals surface area contributed by atoms with Crippen molar-refractivity contribution in [2.75, 3.05) is 0 Å². The zero-order valence-electron chi connectivity index (χ0n) is 15.6. The fraction of sp³-hybridized carbons (Fsp3) is 0.526. The average molecular weight is 412 g/mol. The first-order chi connectivity index (χ1) is 12.7. The molecule has 2 aromatic rings. The van der Waals surface area contributed by atoms with E-state index in [0.717, 1.165) is 36.6 Å². The van der Waals surface area contributed by atoms with Crippen molar-refractivity contribution in [2.45, 2.75) is 63.4 Å². The van der Waals surface area contributed by atoms with Gasteiger partial charge in [-0.25, -0.2) is 13.1 Å². The lowest BCUT2D eigenvalue weighted by molar-refractivity contribution is -0.122. The number of fused-ring (bicyclic) bond motifs is 1. The van der Waals surface area contributed by atoms with Crippen LogP contribution in [-0.4, -0.2) is 36.2 Å². The molecule has 1 heterocycles. The number of hydrogen-bond donors (Lipinski definition) is 2. The molecular formula is C19H26ClN3O3S. The highest BCUT2D eigenvalue weighted by molar-refractivity contribution is 7.90. The minimum absolute atomic E-state index is 0.0336. The standard InChI is InChI=1S/C19H26ClN3O3S/c1-13(2)27(25,26)22-17-6-4-16(5-7-17)21-19(24)12-23-10-9-14-11-15(20)3-8-18(14)23/h3,8-11,13,16-17,22H,4-7,12H2,1-2H3,(H,21,24). The van der Waals surface area contributed by atoms with Crippen LogP contribution in [0.4, 0.5) is 0 Å². The normalized spacial score (nSPS) is 20.9. The first-order valence-electron chi connectivity index (χ1n) is 9.29. The summed E-state index contributed by atoms with van der Waals surface area (Å²) in [7, 11) is -3.25. The van der Waals surface area contributed by atoms with Crippen molar-refractivity contribution in [2.24, 2.45) is 0 Å². The number of carbonyl (C=O) groups excluding carboxylic acids is 1. The lowest BCUT2D eigenvalue weighted by Gasteiger charge is -2.30. The summed E-state index contributed by atoms with van der Waals surface area (Å²) in [6, 6.07) is 7.61. The van der Waals surface area contributed by atoms with E-state index >= 15 is 0 Å². The maximum atomic E-state index is 12.4. The van der Waals surface area contributed by atoms with Crippen LogP contribution >= 0.6 is 11.6 Å². The number of nitrogens with one attached hydrogen (secondary N) is 2. The zero-order chi connectivity index (χ0) is 19.6. The van der Waals surface area contributed by atoms with Gasteiger partial charge >= 0.3 is 0 Å².